The molecule has 0 saturated carbocycles. The molecule has 3 aliphatic heterocycles. The topological polar surface area (TPSA) is 138 Å². The van der Waals surface area contributed by atoms with E-state index in [0.29, 0.717) is 5.56 Å². The second kappa shape index (κ2) is 7.07. The predicted octanol–water partition coefficient (Wildman–Crippen LogP) is 0.178. The van der Waals surface area contributed by atoms with Crippen molar-refractivity contribution >= 4 is 18.4 Å². The summed E-state index contributed by atoms with van der Waals surface area (Å²) < 4.78 is 51.2. The van der Waals surface area contributed by atoms with E-state index in [2.05, 4.69) is 31.1 Å². The molecule has 0 aromatic carbocycles. The average molecular weight is 490 g/mol. The molecule has 32 heavy (non-hydrogen) atoms. The zero-order chi connectivity index (χ0) is 23.9. The van der Waals surface area contributed by atoms with Crippen molar-refractivity contribution in [1.82, 2.24) is 14.9 Å². The van der Waals surface area contributed by atoms with Gasteiger partial charge in [-0.3, -0.25) is 23.8 Å². The molecule has 3 fully saturated rings. The van der Waals surface area contributed by atoms with Crippen LogP contribution in [0.2, 0.25) is 18.1 Å². The van der Waals surface area contributed by atoms with Crippen molar-refractivity contribution in [2.75, 3.05) is 19.4 Å². The van der Waals surface area contributed by atoms with E-state index in [1.165, 1.54) is 17.9 Å². The van der Waals surface area contributed by atoms with E-state index in [9.17, 15) is 18.0 Å². The van der Waals surface area contributed by atoms with Gasteiger partial charge < -0.3 is 13.9 Å². The maximum Gasteiger partial charge on any atom is 0.330 e. The van der Waals surface area contributed by atoms with Gasteiger partial charge in [0.05, 0.1) is 0 Å². The third kappa shape index (κ3) is 3.21. The van der Waals surface area contributed by atoms with Gasteiger partial charge in [0.15, 0.2) is 25.9 Å². The van der Waals surface area contributed by atoms with Crippen LogP contribution < -0.4 is 16.6 Å². The molecule has 3 saturated heterocycles. The van der Waals surface area contributed by atoms with Crippen LogP contribution in [0.25, 0.3) is 0 Å². The van der Waals surface area contributed by atoms with Crippen LogP contribution >= 0.6 is 0 Å². The molecule has 0 aliphatic carbocycles. The van der Waals surface area contributed by atoms with Gasteiger partial charge >= 0.3 is 5.69 Å². The Hall–Kier alpha value is -1.35. The van der Waals surface area contributed by atoms with Crippen LogP contribution in [-0.4, -0.2) is 69.2 Å². The fourth-order valence-electron chi connectivity index (χ4n) is 4.56. The fraction of sp³-hybridized carbons (Fsp3) is 0.789. The summed E-state index contributed by atoms with van der Waals surface area (Å²) in [4.78, 5) is 27.0. The number of ether oxygens (including phenoxy) is 2. The van der Waals surface area contributed by atoms with Gasteiger partial charge in [-0.1, -0.05) is 20.8 Å². The molecule has 0 amide bonds. The van der Waals surface area contributed by atoms with Crippen molar-refractivity contribution in [2.45, 2.75) is 75.6 Å². The molecule has 1 aromatic rings. The summed E-state index contributed by atoms with van der Waals surface area (Å²) >= 11 is 0. The number of aromatic amines is 1. The second-order valence-electron chi connectivity index (χ2n) is 10.3. The highest BCUT2D eigenvalue weighted by Gasteiger charge is 2.80. The van der Waals surface area contributed by atoms with Gasteiger partial charge in [0.1, 0.15) is 18.0 Å². The quantitative estimate of drug-likeness (QED) is 0.448. The minimum atomic E-state index is -3.97. The summed E-state index contributed by atoms with van der Waals surface area (Å²) in [5.41, 5.74) is -3.81. The number of nitrogens with zero attached hydrogens (tertiary/aromatic N) is 1. The highest BCUT2D eigenvalue weighted by Crippen LogP contribution is 2.57. The minimum Gasteiger partial charge on any atom is -0.406 e. The first-order valence-corrected chi connectivity index (χ1v) is 15.0. The number of methoxy groups -OCH3 is 1. The Labute approximate surface area is 187 Å². The molecule has 4 heterocycles. The predicted molar refractivity (Wildman–Crippen MR) is 117 cm³/mol. The van der Waals surface area contributed by atoms with Gasteiger partial charge in [-0.05, 0) is 25.1 Å². The van der Waals surface area contributed by atoms with Crippen molar-refractivity contribution in [3.8, 4) is 0 Å². The fourth-order valence-corrected chi connectivity index (χ4v) is 7.60. The van der Waals surface area contributed by atoms with Crippen molar-refractivity contribution in [3.05, 3.63) is 32.6 Å². The Kier molecular flexibility index (Phi) is 5.26. The highest BCUT2D eigenvalue weighted by atomic mass is 32.2. The lowest BCUT2D eigenvalue weighted by Gasteiger charge is -2.45. The molecule has 1 aromatic heterocycles. The van der Waals surface area contributed by atoms with E-state index in [1.807, 2.05) is 13.1 Å². The number of rotatable bonds is 4. The third-order valence-corrected chi connectivity index (χ3v) is 13.1. The van der Waals surface area contributed by atoms with Crippen LogP contribution in [0.3, 0.4) is 0 Å². The first kappa shape index (κ1) is 23.8. The number of nitrogens with one attached hydrogen (secondary N) is 2. The molecule has 13 heteroatoms. The summed E-state index contributed by atoms with van der Waals surface area (Å²) in [7, 11) is -5.09. The minimum absolute atomic E-state index is 0.225. The highest BCUT2D eigenvalue weighted by molar-refractivity contribution is 7.87. The first-order valence-electron chi connectivity index (χ1n) is 10.5. The van der Waals surface area contributed by atoms with E-state index in [4.69, 9.17) is 18.1 Å². The molecule has 2 N–H and O–H groups in total. The lowest BCUT2D eigenvalue weighted by molar-refractivity contribution is -0.154. The maximum atomic E-state index is 12.8. The first-order chi connectivity index (χ1) is 14.6. The van der Waals surface area contributed by atoms with Crippen LogP contribution in [0.5, 0.6) is 0 Å². The third-order valence-electron chi connectivity index (χ3n) is 7.31. The molecule has 5 atom stereocenters. The Morgan fingerprint density at radius 1 is 1.28 bits per heavy atom. The number of aryl methyl sites for hydroxylation is 1. The van der Waals surface area contributed by atoms with E-state index in [1.54, 1.807) is 6.92 Å². The van der Waals surface area contributed by atoms with Crippen molar-refractivity contribution in [1.29, 1.82) is 0 Å². The van der Waals surface area contributed by atoms with E-state index in [-0.39, 0.29) is 11.6 Å². The van der Waals surface area contributed by atoms with Crippen molar-refractivity contribution in [3.63, 3.8) is 0 Å². The van der Waals surface area contributed by atoms with E-state index >= 15 is 0 Å². The molecule has 0 radical (unpaired) electrons. The summed E-state index contributed by atoms with van der Waals surface area (Å²) in [6.45, 7) is 12.0. The van der Waals surface area contributed by atoms with Crippen LogP contribution in [0, 0.1) is 6.92 Å². The molecule has 0 unspecified atom stereocenters. The molecule has 1 spiro atoms. The van der Waals surface area contributed by atoms with Gasteiger partial charge in [0, 0.05) is 25.4 Å². The number of hydrogen-bond donors (Lipinski definition) is 2. The normalized spacial score (nSPS) is 36.3. The van der Waals surface area contributed by atoms with Crippen molar-refractivity contribution < 1.29 is 26.5 Å². The number of aromatic nitrogens is 2. The standard InChI is InChI=1S/C19H31N3O8SSi/c1-11-9-22(16(24)21-14(11)23)15-13(29-32(6,7)17(2,3)4)19-12(28-15)8-20-18(19,27-5)10-31(25,26)30-19/h9,12-13,15,20H,8,10H2,1-7H3,(H,21,23,24)/t12-,13+,15-,18-,19-/m1/s1. The molecule has 3 aliphatic rings. The van der Waals surface area contributed by atoms with Crippen LogP contribution in [-0.2, 0) is 28.2 Å². The second-order valence-corrected chi connectivity index (χ2v) is 16.6. The molecule has 0 bridgehead atoms. The SMILES string of the molecule is CO[C@]12CS(=O)(=O)O[C@@]13[C@@H](CN2)O[C@@H](n1cc(C)c(=O)[nH]c1=O)[C@@H]3O[Si](C)(C)C(C)(C)C. The Balaban J connectivity index is 1.93. The molecule has 180 valence electrons. The number of hydrogen-bond acceptors (Lipinski definition) is 9. The van der Waals surface area contributed by atoms with Crippen LogP contribution in [0.1, 0.15) is 32.6 Å². The molecule has 11 nitrogen and oxygen atoms in total. The Bertz CT molecular complexity index is 1160. The van der Waals surface area contributed by atoms with E-state index < -0.39 is 65.2 Å². The largest absolute Gasteiger partial charge is 0.406 e. The lowest BCUT2D eigenvalue weighted by Crippen LogP contribution is -2.66. The Morgan fingerprint density at radius 2 is 1.94 bits per heavy atom. The zero-order valence-electron chi connectivity index (χ0n) is 19.3. The van der Waals surface area contributed by atoms with Gasteiger partial charge in [-0.25, -0.2) is 4.79 Å². The number of H-pyrrole nitrogens is 1. The Morgan fingerprint density at radius 3 is 2.53 bits per heavy atom. The van der Waals surface area contributed by atoms with Crippen LogP contribution in [0.4, 0.5) is 0 Å². The molecule has 4 rings (SSSR count). The van der Waals surface area contributed by atoms with Gasteiger partial charge in [-0.15, -0.1) is 0 Å². The summed E-state index contributed by atoms with van der Waals surface area (Å²) in [6, 6.07) is 0. The maximum absolute atomic E-state index is 12.8. The van der Waals surface area contributed by atoms with E-state index in [0.717, 1.165) is 0 Å². The van der Waals surface area contributed by atoms with Gasteiger partial charge in [0.2, 0.25) is 0 Å². The monoisotopic (exact) mass is 489 g/mol. The lowest BCUT2D eigenvalue weighted by atomic mass is 9.85. The zero-order valence-corrected chi connectivity index (χ0v) is 21.2. The smallest absolute Gasteiger partial charge is 0.330 e. The molecular formula is C19H31N3O8SSi. The van der Waals surface area contributed by atoms with Gasteiger partial charge in [-0.2, -0.15) is 8.42 Å². The molecular weight excluding hydrogens is 458 g/mol. The van der Waals surface area contributed by atoms with Gasteiger partial charge in [0.25, 0.3) is 15.7 Å². The van der Waals surface area contributed by atoms with Crippen molar-refractivity contribution in [2.24, 2.45) is 0 Å². The summed E-state index contributed by atoms with van der Waals surface area (Å²) in [5, 5.41) is 2.91. The summed E-state index contributed by atoms with van der Waals surface area (Å²) in [5.74, 6) is -0.417. The van der Waals surface area contributed by atoms with Crippen LogP contribution in [0.15, 0.2) is 15.8 Å². The summed E-state index contributed by atoms with van der Waals surface area (Å²) in [6.07, 6.45) is -1.39. The average Bonchev–Trinajstić information content (AvgIpc) is 3.18.